The largest absolute Gasteiger partial charge is 0.462 e. The molecule has 0 atom stereocenters. The molecule has 0 bridgehead atoms. The predicted octanol–water partition coefficient (Wildman–Crippen LogP) is 2.45. The average molecular weight is 196 g/mol. The number of allylic oxidation sites excluding steroid dienone is 1. The monoisotopic (exact) mass is 196 g/mol. The maximum Gasteiger partial charge on any atom is 0.410 e. The number of carbonyl (C=O) groups excluding carboxylic acids is 1. The van der Waals surface area contributed by atoms with Crippen LogP contribution in [0.25, 0.3) is 0 Å². The van der Waals surface area contributed by atoms with Crippen LogP contribution in [-0.4, -0.2) is 18.8 Å². The van der Waals surface area contributed by atoms with Crippen molar-refractivity contribution in [3.63, 3.8) is 0 Å². The minimum Gasteiger partial charge on any atom is -0.462 e. The number of halogens is 3. The first-order chi connectivity index (χ1) is 5.87. The van der Waals surface area contributed by atoms with E-state index < -0.39 is 17.7 Å². The lowest BCUT2D eigenvalue weighted by Gasteiger charge is -2.04. The topological polar surface area (TPSA) is 26.3 Å². The minimum absolute atomic E-state index is 0.0645. The van der Waals surface area contributed by atoms with Gasteiger partial charge in [0.2, 0.25) is 0 Å². The summed E-state index contributed by atoms with van der Waals surface area (Å²) in [6.07, 6.45) is -3.94. The molecule has 0 saturated heterocycles. The fourth-order valence-electron chi connectivity index (χ4n) is 0.613. The van der Waals surface area contributed by atoms with E-state index in [2.05, 4.69) is 4.74 Å². The molecule has 0 radical (unpaired) electrons. The molecule has 0 saturated carbocycles. The Bertz CT molecular complexity index is 206. The third-order valence-electron chi connectivity index (χ3n) is 1.14. The van der Waals surface area contributed by atoms with Gasteiger partial charge >= 0.3 is 12.1 Å². The van der Waals surface area contributed by atoms with Gasteiger partial charge in [0.05, 0.1) is 6.61 Å². The molecule has 0 aliphatic carbocycles. The molecular weight excluding hydrogens is 185 g/mol. The summed E-state index contributed by atoms with van der Waals surface area (Å²) in [5.74, 6) is -0.917. The van der Waals surface area contributed by atoms with Crippen molar-refractivity contribution < 1.29 is 22.7 Å². The van der Waals surface area contributed by atoms with Crippen molar-refractivity contribution in [2.75, 3.05) is 6.61 Å². The van der Waals surface area contributed by atoms with E-state index in [4.69, 9.17) is 0 Å². The third-order valence-corrected chi connectivity index (χ3v) is 1.14. The Balaban J connectivity index is 4.17. The van der Waals surface area contributed by atoms with Crippen LogP contribution in [0.4, 0.5) is 13.2 Å². The standard InChI is InChI=1S/C8H11F3O2/c1-3-4-13-7(12)6(2)5-8(9,10)11/h5H,3-4H2,1-2H3. The van der Waals surface area contributed by atoms with Gasteiger partial charge in [0.15, 0.2) is 0 Å². The second-order valence-electron chi connectivity index (χ2n) is 2.50. The molecule has 0 rings (SSSR count). The van der Waals surface area contributed by atoms with Crippen molar-refractivity contribution in [3.05, 3.63) is 11.6 Å². The molecular formula is C8H11F3O2. The molecule has 0 aromatic heterocycles. The number of hydrogen-bond acceptors (Lipinski definition) is 2. The summed E-state index contributed by atoms with van der Waals surface area (Å²) in [7, 11) is 0. The zero-order chi connectivity index (χ0) is 10.5. The summed E-state index contributed by atoms with van der Waals surface area (Å²) in [5, 5.41) is 0. The molecule has 0 fully saturated rings. The van der Waals surface area contributed by atoms with E-state index in [1.54, 1.807) is 6.92 Å². The van der Waals surface area contributed by atoms with Crippen LogP contribution in [0.15, 0.2) is 11.6 Å². The van der Waals surface area contributed by atoms with Crippen molar-refractivity contribution in [3.8, 4) is 0 Å². The molecule has 0 aromatic carbocycles. The average Bonchev–Trinajstić information content (AvgIpc) is 1.96. The predicted molar refractivity (Wildman–Crippen MR) is 41.1 cm³/mol. The lowest BCUT2D eigenvalue weighted by Crippen LogP contribution is -2.11. The van der Waals surface area contributed by atoms with E-state index >= 15 is 0 Å². The van der Waals surface area contributed by atoms with Crippen molar-refractivity contribution in [1.29, 1.82) is 0 Å². The maximum absolute atomic E-state index is 11.7. The lowest BCUT2D eigenvalue weighted by molar-refractivity contribution is -0.139. The highest BCUT2D eigenvalue weighted by molar-refractivity contribution is 5.87. The fraction of sp³-hybridized carbons (Fsp3) is 0.625. The summed E-state index contributed by atoms with van der Waals surface area (Å²) >= 11 is 0. The Morgan fingerprint density at radius 1 is 1.46 bits per heavy atom. The molecule has 0 heterocycles. The molecule has 5 heteroatoms. The molecule has 76 valence electrons. The Hall–Kier alpha value is -1.00. The molecule has 0 spiro atoms. The SMILES string of the molecule is CCCOC(=O)C(C)=CC(F)(F)F. The number of hydrogen-bond donors (Lipinski definition) is 0. The zero-order valence-corrected chi connectivity index (χ0v) is 7.44. The van der Waals surface area contributed by atoms with Crippen LogP contribution in [0.1, 0.15) is 20.3 Å². The van der Waals surface area contributed by atoms with Crippen LogP contribution in [0.2, 0.25) is 0 Å². The summed E-state index contributed by atoms with van der Waals surface area (Å²) in [5.41, 5.74) is -0.430. The van der Waals surface area contributed by atoms with Gasteiger partial charge in [-0.25, -0.2) is 4.79 Å². The van der Waals surface area contributed by atoms with Crippen LogP contribution in [-0.2, 0) is 9.53 Å². The fourth-order valence-corrected chi connectivity index (χ4v) is 0.613. The van der Waals surface area contributed by atoms with Gasteiger partial charge in [-0.05, 0) is 13.3 Å². The van der Waals surface area contributed by atoms with E-state index in [0.29, 0.717) is 6.42 Å². The van der Waals surface area contributed by atoms with E-state index in [9.17, 15) is 18.0 Å². The van der Waals surface area contributed by atoms with Crippen LogP contribution in [0.3, 0.4) is 0 Å². The second-order valence-corrected chi connectivity index (χ2v) is 2.50. The Kier molecular flexibility index (Phi) is 4.51. The Labute approximate surface area is 74.4 Å². The van der Waals surface area contributed by atoms with Crippen molar-refractivity contribution in [2.24, 2.45) is 0 Å². The normalized spacial score (nSPS) is 12.8. The Morgan fingerprint density at radius 2 is 2.00 bits per heavy atom. The molecule has 0 amide bonds. The van der Waals surface area contributed by atoms with Gasteiger partial charge in [0.25, 0.3) is 0 Å². The maximum atomic E-state index is 11.7. The highest BCUT2D eigenvalue weighted by atomic mass is 19.4. The highest BCUT2D eigenvalue weighted by Gasteiger charge is 2.25. The molecule has 0 aliphatic rings. The van der Waals surface area contributed by atoms with Gasteiger partial charge in [-0.2, -0.15) is 13.2 Å². The van der Waals surface area contributed by atoms with Crippen LogP contribution in [0.5, 0.6) is 0 Å². The van der Waals surface area contributed by atoms with Gasteiger partial charge in [-0.15, -0.1) is 0 Å². The first-order valence-electron chi connectivity index (χ1n) is 3.80. The van der Waals surface area contributed by atoms with E-state index in [-0.39, 0.29) is 12.7 Å². The summed E-state index contributed by atoms with van der Waals surface area (Å²) in [4.78, 5) is 10.8. The van der Waals surface area contributed by atoms with Crippen LogP contribution < -0.4 is 0 Å². The molecule has 0 unspecified atom stereocenters. The second kappa shape index (κ2) is 4.89. The first kappa shape index (κ1) is 12.0. The van der Waals surface area contributed by atoms with Gasteiger partial charge < -0.3 is 4.74 Å². The number of esters is 1. The van der Waals surface area contributed by atoms with Gasteiger partial charge in [0, 0.05) is 11.6 Å². The van der Waals surface area contributed by atoms with E-state index in [0.717, 1.165) is 6.92 Å². The van der Waals surface area contributed by atoms with Crippen molar-refractivity contribution >= 4 is 5.97 Å². The summed E-state index contributed by atoms with van der Waals surface area (Å²) in [6.45, 7) is 2.98. The number of carbonyl (C=O) groups is 1. The van der Waals surface area contributed by atoms with E-state index in [1.807, 2.05) is 0 Å². The van der Waals surface area contributed by atoms with Crippen molar-refractivity contribution in [1.82, 2.24) is 0 Å². The van der Waals surface area contributed by atoms with E-state index in [1.165, 1.54) is 0 Å². The smallest absolute Gasteiger partial charge is 0.410 e. The lowest BCUT2D eigenvalue weighted by atomic mass is 10.3. The molecule has 0 aliphatic heterocycles. The highest BCUT2D eigenvalue weighted by Crippen LogP contribution is 2.18. The number of alkyl halides is 3. The van der Waals surface area contributed by atoms with Crippen molar-refractivity contribution in [2.45, 2.75) is 26.4 Å². The molecule has 0 N–H and O–H groups in total. The third kappa shape index (κ3) is 6.19. The Morgan fingerprint density at radius 3 is 2.38 bits per heavy atom. The zero-order valence-electron chi connectivity index (χ0n) is 7.44. The minimum atomic E-state index is -4.46. The molecule has 2 nitrogen and oxygen atoms in total. The van der Waals surface area contributed by atoms with Gasteiger partial charge in [0.1, 0.15) is 0 Å². The molecule has 0 aromatic rings. The van der Waals surface area contributed by atoms with Gasteiger partial charge in [-0.3, -0.25) is 0 Å². The summed E-state index contributed by atoms with van der Waals surface area (Å²) < 4.78 is 39.6. The van der Waals surface area contributed by atoms with Gasteiger partial charge in [-0.1, -0.05) is 6.92 Å². The number of ether oxygens (including phenoxy) is 1. The number of rotatable bonds is 3. The molecule has 13 heavy (non-hydrogen) atoms. The summed E-state index contributed by atoms with van der Waals surface area (Å²) in [6, 6.07) is 0. The quantitative estimate of drug-likeness (QED) is 0.512. The first-order valence-corrected chi connectivity index (χ1v) is 3.80. The van der Waals surface area contributed by atoms with Crippen LogP contribution >= 0.6 is 0 Å². The van der Waals surface area contributed by atoms with Crippen LogP contribution in [0, 0.1) is 0 Å².